The smallest absolute Gasteiger partial charge is 0.119 e. The maximum atomic E-state index is 5.23. The van der Waals surface area contributed by atoms with Gasteiger partial charge in [-0.2, -0.15) is 0 Å². The fourth-order valence-corrected chi connectivity index (χ4v) is 3.28. The summed E-state index contributed by atoms with van der Waals surface area (Å²) in [5, 5.41) is 7.36. The first-order valence-corrected chi connectivity index (χ1v) is 8.59. The molecule has 0 spiro atoms. The maximum absolute atomic E-state index is 5.23. The van der Waals surface area contributed by atoms with Crippen LogP contribution < -0.4 is 20.1 Å². The highest BCUT2D eigenvalue weighted by atomic mass is 16.5. The van der Waals surface area contributed by atoms with E-state index in [0.29, 0.717) is 12.1 Å². The van der Waals surface area contributed by atoms with Crippen molar-refractivity contribution in [1.29, 1.82) is 0 Å². The summed E-state index contributed by atoms with van der Waals surface area (Å²) in [4.78, 5) is 0. The van der Waals surface area contributed by atoms with Gasteiger partial charge in [-0.1, -0.05) is 12.8 Å². The Morgan fingerprint density at radius 3 is 1.38 bits per heavy atom. The topological polar surface area (TPSA) is 42.5 Å². The zero-order valence-electron chi connectivity index (χ0n) is 14.4. The second-order valence-electron chi connectivity index (χ2n) is 6.24. The van der Waals surface area contributed by atoms with Crippen LogP contribution >= 0.6 is 0 Å². The number of benzene rings is 2. The van der Waals surface area contributed by atoms with Crippen LogP contribution in [0.5, 0.6) is 11.5 Å². The summed E-state index contributed by atoms with van der Waals surface area (Å²) in [5.74, 6) is 1.77. The minimum absolute atomic E-state index is 0.425. The molecule has 1 saturated carbocycles. The van der Waals surface area contributed by atoms with Crippen molar-refractivity contribution in [3.63, 3.8) is 0 Å². The van der Waals surface area contributed by atoms with Crippen molar-refractivity contribution in [2.24, 2.45) is 0 Å². The van der Waals surface area contributed by atoms with E-state index in [2.05, 4.69) is 34.9 Å². The summed E-state index contributed by atoms with van der Waals surface area (Å²) in [7, 11) is 3.39. The van der Waals surface area contributed by atoms with Crippen LogP contribution in [0.25, 0.3) is 0 Å². The second kappa shape index (κ2) is 7.95. The van der Waals surface area contributed by atoms with Crippen molar-refractivity contribution >= 4 is 11.4 Å². The maximum Gasteiger partial charge on any atom is 0.119 e. The molecule has 0 saturated heterocycles. The molecule has 1 fully saturated rings. The Morgan fingerprint density at radius 1 is 0.667 bits per heavy atom. The van der Waals surface area contributed by atoms with Crippen LogP contribution in [0.4, 0.5) is 11.4 Å². The molecule has 0 radical (unpaired) electrons. The highest BCUT2D eigenvalue weighted by Gasteiger charge is 2.24. The summed E-state index contributed by atoms with van der Waals surface area (Å²) in [6.07, 6.45) is 4.91. The van der Waals surface area contributed by atoms with E-state index in [0.717, 1.165) is 22.9 Å². The Balaban J connectivity index is 1.65. The predicted molar refractivity (Wildman–Crippen MR) is 99.3 cm³/mol. The molecule has 2 aromatic carbocycles. The highest BCUT2D eigenvalue weighted by Crippen LogP contribution is 2.26. The average Bonchev–Trinajstić information content (AvgIpc) is 2.64. The number of hydrogen-bond donors (Lipinski definition) is 2. The lowest BCUT2D eigenvalue weighted by molar-refractivity contribution is 0.413. The number of hydrogen-bond acceptors (Lipinski definition) is 4. The van der Waals surface area contributed by atoms with Gasteiger partial charge in [-0.25, -0.2) is 0 Å². The molecule has 24 heavy (non-hydrogen) atoms. The molecule has 4 heteroatoms. The second-order valence-corrected chi connectivity index (χ2v) is 6.24. The van der Waals surface area contributed by atoms with E-state index in [1.54, 1.807) is 14.2 Å². The van der Waals surface area contributed by atoms with E-state index in [1.165, 1.54) is 25.7 Å². The molecule has 0 heterocycles. The predicted octanol–water partition coefficient (Wildman–Crippen LogP) is 4.54. The van der Waals surface area contributed by atoms with Crippen LogP contribution in [-0.4, -0.2) is 26.3 Å². The molecule has 0 aliphatic heterocycles. The van der Waals surface area contributed by atoms with E-state index < -0.39 is 0 Å². The molecular weight excluding hydrogens is 300 g/mol. The Kier molecular flexibility index (Phi) is 5.47. The van der Waals surface area contributed by atoms with Gasteiger partial charge in [-0.05, 0) is 61.4 Å². The van der Waals surface area contributed by atoms with Gasteiger partial charge in [0.25, 0.3) is 0 Å². The minimum atomic E-state index is 0.425. The first kappa shape index (κ1) is 16.5. The highest BCUT2D eigenvalue weighted by molar-refractivity contribution is 5.50. The van der Waals surface area contributed by atoms with Gasteiger partial charge >= 0.3 is 0 Å². The van der Waals surface area contributed by atoms with Crippen LogP contribution in [-0.2, 0) is 0 Å². The van der Waals surface area contributed by atoms with Crippen LogP contribution in [0.2, 0.25) is 0 Å². The van der Waals surface area contributed by atoms with Crippen molar-refractivity contribution in [3.8, 4) is 11.5 Å². The van der Waals surface area contributed by atoms with Gasteiger partial charge in [-0.15, -0.1) is 0 Å². The number of ether oxygens (including phenoxy) is 2. The van der Waals surface area contributed by atoms with Gasteiger partial charge in [-0.3, -0.25) is 0 Å². The monoisotopic (exact) mass is 326 g/mol. The van der Waals surface area contributed by atoms with Crippen molar-refractivity contribution < 1.29 is 9.47 Å². The SMILES string of the molecule is COc1ccc(N[C@@H]2CCCC[C@H]2Nc2ccc(OC)cc2)cc1. The Bertz CT molecular complexity index is 568. The zero-order valence-corrected chi connectivity index (χ0v) is 14.4. The molecule has 0 amide bonds. The summed E-state index contributed by atoms with van der Waals surface area (Å²) >= 11 is 0. The normalized spacial score (nSPS) is 20.2. The third kappa shape index (κ3) is 4.13. The van der Waals surface area contributed by atoms with Gasteiger partial charge in [0.15, 0.2) is 0 Å². The largest absolute Gasteiger partial charge is 0.497 e. The minimum Gasteiger partial charge on any atom is -0.497 e. The van der Waals surface area contributed by atoms with Gasteiger partial charge in [0.2, 0.25) is 0 Å². The number of methoxy groups -OCH3 is 2. The summed E-state index contributed by atoms with van der Waals surface area (Å²) in [5.41, 5.74) is 2.29. The third-order valence-corrected chi connectivity index (χ3v) is 4.65. The first-order chi connectivity index (χ1) is 11.8. The lowest BCUT2D eigenvalue weighted by atomic mass is 9.90. The van der Waals surface area contributed by atoms with Crippen LogP contribution in [0.3, 0.4) is 0 Å². The fourth-order valence-electron chi connectivity index (χ4n) is 3.28. The number of nitrogens with one attached hydrogen (secondary N) is 2. The standard InChI is InChI=1S/C20H26N2O2/c1-23-17-11-7-15(8-12-17)21-19-5-3-4-6-20(19)22-16-9-13-18(24-2)14-10-16/h7-14,19-22H,3-6H2,1-2H3/t19-,20-/m1/s1. The van der Waals surface area contributed by atoms with E-state index in [4.69, 9.17) is 9.47 Å². The summed E-state index contributed by atoms with van der Waals surface area (Å²) in [6, 6.07) is 17.2. The molecule has 2 N–H and O–H groups in total. The molecule has 2 aromatic rings. The number of rotatable bonds is 6. The van der Waals surface area contributed by atoms with Crippen molar-refractivity contribution in [1.82, 2.24) is 0 Å². The van der Waals surface area contributed by atoms with E-state index in [-0.39, 0.29) is 0 Å². The fraction of sp³-hybridized carbons (Fsp3) is 0.400. The molecular formula is C20H26N2O2. The van der Waals surface area contributed by atoms with Crippen molar-refractivity contribution in [3.05, 3.63) is 48.5 Å². The van der Waals surface area contributed by atoms with Gasteiger partial charge in [0, 0.05) is 23.5 Å². The molecule has 128 valence electrons. The van der Waals surface area contributed by atoms with E-state index in [9.17, 15) is 0 Å². The van der Waals surface area contributed by atoms with E-state index in [1.807, 2.05) is 24.3 Å². The van der Waals surface area contributed by atoms with Crippen LogP contribution in [0.15, 0.2) is 48.5 Å². The van der Waals surface area contributed by atoms with Gasteiger partial charge in [0.1, 0.15) is 11.5 Å². The van der Waals surface area contributed by atoms with Crippen LogP contribution in [0, 0.1) is 0 Å². The molecule has 4 nitrogen and oxygen atoms in total. The number of anilines is 2. The Hall–Kier alpha value is -2.36. The van der Waals surface area contributed by atoms with Crippen LogP contribution in [0.1, 0.15) is 25.7 Å². The lowest BCUT2D eigenvalue weighted by Crippen LogP contribution is -2.41. The summed E-state index contributed by atoms with van der Waals surface area (Å²) < 4.78 is 10.5. The van der Waals surface area contributed by atoms with E-state index >= 15 is 0 Å². The Morgan fingerprint density at radius 2 is 1.04 bits per heavy atom. The molecule has 0 unspecified atom stereocenters. The summed E-state index contributed by atoms with van der Waals surface area (Å²) in [6.45, 7) is 0. The van der Waals surface area contributed by atoms with Gasteiger partial charge < -0.3 is 20.1 Å². The molecule has 2 atom stereocenters. The average molecular weight is 326 g/mol. The Labute approximate surface area is 144 Å². The molecule has 0 bridgehead atoms. The van der Waals surface area contributed by atoms with Gasteiger partial charge in [0.05, 0.1) is 14.2 Å². The molecule has 0 aromatic heterocycles. The third-order valence-electron chi connectivity index (χ3n) is 4.65. The quantitative estimate of drug-likeness (QED) is 0.818. The first-order valence-electron chi connectivity index (χ1n) is 8.59. The molecule has 1 aliphatic carbocycles. The van der Waals surface area contributed by atoms with Crippen molar-refractivity contribution in [2.45, 2.75) is 37.8 Å². The zero-order chi connectivity index (χ0) is 16.8. The van der Waals surface area contributed by atoms with Crippen molar-refractivity contribution in [2.75, 3.05) is 24.9 Å². The molecule has 3 rings (SSSR count). The lowest BCUT2D eigenvalue weighted by Gasteiger charge is -2.34. The molecule has 1 aliphatic rings.